The van der Waals surface area contributed by atoms with Crippen LogP contribution in [0.1, 0.15) is 19.0 Å². The fourth-order valence-electron chi connectivity index (χ4n) is 1.28. The summed E-state index contributed by atoms with van der Waals surface area (Å²) in [6, 6.07) is 1.85. The van der Waals surface area contributed by atoms with Gasteiger partial charge < -0.3 is 10.0 Å². The number of carboxylic acid groups (broad SMARTS) is 1. The van der Waals surface area contributed by atoms with Crippen LogP contribution in [0.25, 0.3) is 0 Å². The Morgan fingerprint density at radius 3 is 2.80 bits per heavy atom. The first-order chi connectivity index (χ1) is 7.13. The Hall–Kier alpha value is -1.65. The van der Waals surface area contributed by atoms with Crippen molar-refractivity contribution < 1.29 is 9.90 Å². The van der Waals surface area contributed by atoms with E-state index in [-0.39, 0.29) is 6.42 Å². The first-order valence-electron chi connectivity index (χ1n) is 4.89. The Bertz CT molecular complexity index is 341. The lowest BCUT2D eigenvalue weighted by Crippen LogP contribution is -2.26. The third-order valence-corrected chi connectivity index (χ3v) is 2.09. The molecule has 1 aromatic rings. The molecule has 1 aromatic heterocycles. The standard InChI is InChI=1S/C10H15N3O2/c1-3-13(5-4-10(14)15)9-6-8(2)11-7-12-9/h6-7H,3-5H2,1-2H3,(H,14,15). The number of aromatic nitrogens is 2. The third-order valence-electron chi connectivity index (χ3n) is 2.09. The topological polar surface area (TPSA) is 66.3 Å². The predicted molar refractivity (Wildman–Crippen MR) is 56.9 cm³/mol. The Labute approximate surface area is 88.8 Å². The van der Waals surface area contributed by atoms with E-state index in [2.05, 4.69) is 9.97 Å². The van der Waals surface area contributed by atoms with Gasteiger partial charge in [0.2, 0.25) is 0 Å². The summed E-state index contributed by atoms with van der Waals surface area (Å²) in [6.07, 6.45) is 1.62. The van der Waals surface area contributed by atoms with Crippen molar-refractivity contribution in [1.29, 1.82) is 0 Å². The quantitative estimate of drug-likeness (QED) is 0.786. The molecule has 0 aromatic carbocycles. The number of rotatable bonds is 5. The molecule has 1 rings (SSSR count). The number of carbonyl (C=O) groups is 1. The molecular weight excluding hydrogens is 194 g/mol. The molecule has 1 heterocycles. The lowest BCUT2D eigenvalue weighted by Gasteiger charge is -2.20. The average Bonchev–Trinajstić information content (AvgIpc) is 2.18. The van der Waals surface area contributed by atoms with Crippen LogP contribution in [0.5, 0.6) is 0 Å². The van der Waals surface area contributed by atoms with Crippen LogP contribution >= 0.6 is 0 Å². The molecule has 0 aliphatic rings. The minimum Gasteiger partial charge on any atom is -0.481 e. The van der Waals surface area contributed by atoms with Gasteiger partial charge in [-0.25, -0.2) is 9.97 Å². The van der Waals surface area contributed by atoms with Gasteiger partial charge in [-0.1, -0.05) is 0 Å². The normalized spacial score (nSPS) is 10.0. The molecule has 0 aliphatic carbocycles. The highest BCUT2D eigenvalue weighted by molar-refractivity contribution is 5.67. The molecule has 0 radical (unpaired) electrons. The number of aryl methyl sites for hydroxylation is 1. The fourth-order valence-corrected chi connectivity index (χ4v) is 1.28. The number of hydrogen-bond acceptors (Lipinski definition) is 4. The van der Waals surface area contributed by atoms with Crippen molar-refractivity contribution >= 4 is 11.8 Å². The van der Waals surface area contributed by atoms with Crippen molar-refractivity contribution in [3.63, 3.8) is 0 Å². The Morgan fingerprint density at radius 2 is 2.27 bits per heavy atom. The second-order valence-electron chi connectivity index (χ2n) is 3.24. The molecule has 1 N–H and O–H groups in total. The van der Waals surface area contributed by atoms with E-state index in [0.717, 1.165) is 18.1 Å². The molecule has 0 bridgehead atoms. The number of anilines is 1. The molecule has 0 saturated carbocycles. The van der Waals surface area contributed by atoms with Crippen molar-refractivity contribution in [3.05, 3.63) is 18.1 Å². The molecule has 15 heavy (non-hydrogen) atoms. The van der Waals surface area contributed by atoms with Gasteiger partial charge in [-0.05, 0) is 13.8 Å². The van der Waals surface area contributed by atoms with Gasteiger partial charge in [0, 0.05) is 24.8 Å². The van der Waals surface area contributed by atoms with Crippen LogP contribution in [0.15, 0.2) is 12.4 Å². The average molecular weight is 209 g/mol. The van der Waals surface area contributed by atoms with Crippen molar-refractivity contribution in [1.82, 2.24) is 9.97 Å². The smallest absolute Gasteiger partial charge is 0.305 e. The van der Waals surface area contributed by atoms with Crippen molar-refractivity contribution in [2.24, 2.45) is 0 Å². The Kier molecular flexibility index (Phi) is 4.03. The minimum atomic E-state index is -0.792. The van der Waals surface area contributed by atoms with Gasteiger partial charge in [-0.3, -0.25) is 4.79 Å². The lowest BCUT2D eigenvalue weighted by atomic mass is 10.3. The van der Waals surface area contributed by atoms with Crippen molar-refractivity contribution in [3.8, 4) is 0 Å². The van der Waals surface area contributed by atoms with E-state index in [1.807, 2.05) is 24.8 Å². The van der Waals surface area contributed by atoms with Crippen LogP contribution in [-0.2, 0) is 4.79 Å². The van der Waals surface area contributed by atoms with Crippen LogP contribution in [0.4, 0.5) is 5.82 Å². The monoisotopic (exact) mass is 209 g/mol. The van der Waals surface area contributed by atoms with Gasteiger partial charge in [0.15, 0.2) is 0 Å². The van der Waals surface area contributed by atoms with E-state index in [9.17, 15) is 4.79 Å². The highest BCUT2D eigenvalue weighted by Gasteiger charge is 2.07. The second-order valence-corrected chi connectivity index (χ2v) is 3.24. The number of aliphatic carboxylic acids is 1. The summed E-state index contributed by atoms with van der Waals surface area (Å²) in [7, 11) is 0. The molecular formula is C10H15N3O2. The van der Waals surface area contributed by atoms with Crippen LogP contribution < -0.4 is 4.90 Å². The van der Waals surface area contributed by atoms with Gasteiger partial charge in [-0.15, -0.1) is 0 Å². The maximum absolute atomic E-state index is 10.5. The molecule has 0 aliphatic heterocycles. The zero-order chi connectivity index (χ0) is 11.3. The summed E-state index contributed by atoms with van der Waals surface area (Å²) in [5.41, 5.74) is 0.883. The third kappa shape index (κ3) is 3.53. The molecule has 0 atom stereocenters. The number of nitrogens with zero attached hydrogens (tertiary/aromatic N) is 3. The first-order valence-corrected chi connectivity index (χ1v) is 4.89. The number of carboxylic acids is 1. The van der Waals surface area contributed by atoms with Crippen LogP contribution in [-0.4, -0.2) is 34.1 Å². The van der Waals surface area contributed by atoms with E-state index < -0.39 is 5.97 Å². The Balaban J connectivity index is 2.69. The number of hydrogen-bond donors (Lipinski definition) is 1. The van der Waals surface area contributed by atoms with Crippen molar-refractivity contribution in [2.45, 2.75) is 20.3 Å². The predicted octanol–water partition coefficient (Wildman–Crippen LogP) is 1.09. The first kappa shape index (κ1) is 11.4. The van der Waals surface area contributed by atoms with Gasteiger partial charge in [0.05, 0.1) is 6.42 Å². The summed E-state index contributed by atoms with van der Waals surface area (Å²) in [4.78, 5) is 20.5. The minimum absolute atomic E-state index is 0.122. The molecule has 5 heteroatoms. The summed E-state index contributed by atoms with van der Waals surface area (Å²) in [5.74, 6) is -0.00882. The van der Waals surface area contributed by atoms with Gasteiger partial charge in [0.25, 0.3) is 0 Å². The van der Waals surface area contributed by atoms with E-state index >= 15 is 0 Å². The van der Waals surface area contributed by atoms with E-state index in [4.69, 9.17) is 5.11 Å². The largest absolute Gasteiger partial charge is 0.481 e. The van der Waals surface area contributed by atoms with E-state index in [1.165, 1.54) is 6.33 Å². The molecule has 0 spiro atoms. The zero-order valence-corrected chi connectivity index (χ0v) is 8.97. The zero-order valence-electron chi connectivity index (χ0n) is 8.97. The van der Waals surface area contributed by atoms with E-state index in [1.54, 1.807) is 0 Å². The van der Waals surface area contributed by atoms with Crippen molar-refractivity contribution in [2.75, 3.05) is 18.0 Å². The van der Waals surface area contributed by atoms with E-state index in [0.29, 0.717) is 6.54 Å². The fraction of sp³-hybridized carbons (Fsp3) is 0.500. The van der Waals surface area contributed by atoms with Crippen LogP contribution in [0.2, 0.25) is 0 Å². The SMILES string of the molecule is CCN(CCC(=O)O)c1cc(C)ncn1. The maximum atomic E-state index is 10.5. The molecule has 5 nitrogen and oxygen atoms in total. The molecule has 0 amide bonds. The maximum Gasteiger partial charge on any atom is 0.305 e. The summed E-state index contributed by atoms with van der Waals surface area (Å²) in [6.45, 7) is 5.07. The molecule has 82 valence electrons. The van der Waals surface area contributed by atoms with Gasteiger partial charge in [-0.2, -0.15) is 0 Å². The second kappa shape index (κ2) is 5.29. The van der Waals surface area contributed by atoms with Crippen LogP contribution in [0.3, 0.4) is 0 Å². The molecule has 0 saturated heterocycles. The summed E-state index contributed by atoms with van der Waals surface area (Å²) in [5, 5.41) is 8.60. The summed E-state index contributed by atoms with van der Waals surface area (Å²) >= 11 is 0. The lowest BCUT2D eigenvalue weighted by molar-refractivity contribution is -0.136. The molecule has 0 fully saturated rings. The molecule has 0 unspecified atom stereocenters. The Morgan fingerprint density at radius 1 is 1.53 bits per heavy atom. The summed E-state index contributed by atoms with van der Waals surface area (Å²) < 4.78 is 0. The highest BCUT2D eigenvalue weighted by atomic mass is 16.4. The van der Waals surface area contributed by atoms with Crippen LogP contribution in [0, 0.1) is 6.92 Å². The van der Waals surface area contributed by atoms with Gasteiger partial charge in [0.1, 0.15) is 12.1 Å². The highest BCUT2D eigenvalue weighted by Crippen LogP contribution is 2.10. The van der Waals surface area contributed by atoms with Gasteiger partial charge >= 0.3 is 5.97 Å².